The van der Waals surface area contributed by atoms with Gasteiger partial charge in [0, 0.05) is 11.1 Å². The Morgan fingerprint density at radius 3 is 2.00 bits per heavy atom. The van der Waals surface area contributed by atoms with Crippen LogP contribution in [0.3, 0.4) is 0 Å². The molecular formula is C15H16NO2+. The molecule has 0 aliphatic carbocycles. The zero-order valence-electron chi connectivity index (χ0n) is 10.0. The van der Waals surface area contributed by atoms with Crippen LogP contribution in [-0.2, 0) is 13.1 Å². The minimum absolute atomic E-state index is 0.335. The van der Waals surface area contributed by atoms with E-state index in [2.05, 4.69) is 17.4 Å². The van der Waals surface area contributed by atoms with Crippen LogP contribution >= 0.6 is 0 Å². The summed E-state index contributed by atoms with van der Waals surface area (Å²) in [7, 11) is 0. The number of aromatic carboxylic acids is 1. The second kappa shape index (κ2) is 5.98. The van der Waals surface area contributed by atoms with Crippen LogP contribution < -0.4 is 5.32 Å². The highest BCUT2D eigenvalue weighted by Gasteiger charge is 2.02. The molecule has 2 aromatic carbocycles. The van der Waals surface area contributed by atoms with Gasteiger partial charge in [-0.15, -0.1) is 0 Å². The predicted molar refractivity (Wildman–Crippen MR) is 69.2 cm³/mol. The highest BCUT2D eigenvalue weighted by molar-refractivity contribution is 5.87. The molecular weight excluding hydrogens is 226 g/mol. The van der Waals surface area contributed by atoms with E-state index in [1.165, 1.54) is 5.56 Å². The number of carbonyl (C=O) groups is 1. The van der Waals surface area contributed by atoms with Crippen LogP contribution in [0.2, 0.25) is 0 Å². The first kappa shape index (κ1) is 12.3. The predicted octanol–water partition coefficient (Wildman–Crippen LogP) is 1.65. The van der Waals surface area contributed by atoms with Crippen LogP contribution in [0.25, 0.3) is 0 Å². The van der Waals surface area contributed by atoms with Crippen LogP contribution in [0.5, 0.6) is 0 Å². The van der Waals surface area contributed by atoms with Crippen molar-refractivity contribution in [2.75, 3.05) is 0 Å². The second-order valence-electron chi connectivity index (χ2n) is 4.18. The van der Waals surface area contributed by atoms with Gasteiger partial charge in [0.2, 0.25) is 0 Å². The maximum atomic E-state index is 10.7. The summed E-state index contributed by atoms with van der Waals surface area (Å²) in [6, 6.07) is 17.3. The molecule has 2 aromatic rings. The van der Waals surface area contributed by atoms with E-state index in [0.29, 0.717) is 5.56 Å². The average Bonchev–Trinajstić information content (AvgIpc) is 2.40. The van der Waals surface area contributed by atoms with E-state index in [1.807, 2.05) is 30.3 Å². The van der Waals surface area contributed by atoms with Crippen LogP contribution in [0.15, 0.2) is 54.6 Å². The molecule has 0 bridgehead atoms. The van der Waals surface area contributed by atoms with Crippen molar-refractivity contribution in [2.45, 2.75) is 13.1 Å². The summed E-state index contributed by atoms with van der Waals surface area (Å²) >= 11 is 0. The number of carboxylic acid groups (broad SMARTS) is 1. The molecule has 0 radical (unpaired) electrons. The molecule has 0 aromatic heterocycles. The number of benzene rings is 2. The molecule has 0 saturated heterocycles. The highest BCUT2D eigenvalue weighted by atomic mass is 16.4. The van der Waals surface area contributed by atoms with Crippen molar-refractivity contribution < 1.29 is 15.2 Å². The number of carboxylic acids is 1. The molecule has 3 heteroatoms. The van der Waals surface area contributed by atoms with E-state index in [1.54, 1.807) is 12.1 Å². The SMILES string of the molecule is O=C(O)c1ccc(C[NH2+]Cc2ccccc2)cc1. The van der Waals surface area contributed by atoms with E-state index < -0.39 is 5.97 Å². The van der Waals surface area contributed by atoms with Gasteiger partial charge in [-0.05, 0) is 12.1 Å². The van der Waals surface area contributed by atoms with Gasteiger partial charge in [0.25, 0.3) is 0 Å². The van der Waals surface area contributed by atoms with Gasteiger partial charge >= 0.3 is 5.97 Å². The molecule has 0 unspecified atom stereocenters. The zero-order valence-corrected chi connectivity index (χ0v) is 10.0. The molecule has 0 aliphatic heterocycles. The molecule has 0 atom stereocenters. The number of rotatable bonds is 5. The normalized spacial score (nSPS) is 10.2. The quantitative estimate of drug-likeness (QED) is 0.837. The van der Waals surface area contributed by atoms with Gasteiger partial charge < -0.3 is 10.4 Å². The Morgan fingerprint density at radius 1 is 0.889 bits per heavy atom. The van der Waals surface area contributed by atoms with Gasteiger partial charge in [-0.2, -0.15) is 0 Å². The van der Waals surface area contributed by atoms with E-state index in [-0.39, 0.29) is 0 Å². The minimum atomic E-state index is -0.880. The lowest BCUT2D eigenvalue weighted by Crippen LogP contribution is -2.80. The molecule has 3 N–H and O–H groups in total. The summed E-state index contributed by atoms with van der Waals surface area (Å²) in [6.45, 7) is 1.79. The standard InChI is InChI=1S/C15H15NO2/c17-15(18)14-8-6-13(7-9-14)11-16-10-12-4-2-1-3-5-12/h1-9,16H,10-11H2,(H,17,18)/p+1. The number of hydrogen-bond donors (Lipinski definition) is 2. The van der Waals surface area contributed by atoms with Crippen molar-refractivity contribution >= 4 is 5.97 Å². The fourth-order valence-corrected chi connectivity index (χ4v) is 1.80. The molecule has 0 heterocycles. The summed E-state index contributed by atoms with van der Waals surface area (Å²) in [4.78, 5) is 10.7. The molecule has 3 nitrogen and oxygen atoms in total. The van der Waals surface area contributed by atoms with Crippen molar-refractivity contribution in [3.8, 4) is 0 Å². The maximum Gasteiger partial charge on any atom is 0.335 e. The summed E-state index contributed by atoms with van der Waals surface area (Å²) < 4.78 is 0. The smallest absolute Gasteiger partial charge is 0.335 e. The molecule has 92 valence electrons. The van der Waals surface area contributed by atoms with Crippen molar-refractivity contribution in [1.82, 2.24) is 0 Å². The topological polar surface area (TPSA) is 53.9 Å². The summed E-state index contributed by atoms with van der Waals surface area (Å²) in [5.74, 6) is -0.880. The van der Waals surface area contributed by atoms with Gasteiger partial charge in [-0.3, -0.25) is 0 Å². The van der Waals surface area contributed by atoms with E-state index in [4.69, 9.17) is 5.11 Å². The third-order valence-corrected chi connectivity index (χ3v) is 2.80. The Morgan fingerprint density at radius 2 is 1.44 bits per heavy atom. The lowest BCUT2D eigenvalue weighted by atomic mass is 10.1. The highest BCUT2D eigenvalue weighted by Crippen LogP contribution is 2.03. The molecule has 0 aliphatic rings. The zero-order chi connectivity index (χ0) is 12.8. The first-order valence-corrected chi connectivity index (χ1v) is 5.93. The van der Waals surface area contributed by atoms with Crippen molar-refractivity contribution in [3.63, 3.8) is 0 Å². The number of nitrogens with two attached hydrogens (primary N) is 1. The Hall–Kier alpha value is -2.13. The van der Waals surface area contributed by atoms with E-state index in [9.17, 15) is 4.79 Å². The number of quaternary nitrogens is 1. The Balaban J connectivity index is 1.85. The van der Waals surface area contributed by atoms with E-state index in [0.717, 1.165) is 18.7 Å². The molecule has 0 saturated carbocycles. The Bertz CT molecular complexity index is 506. The van der Waals surface area contributed by atoms with Crippen LogP contribution in [0.4, 0.5) is 0 Å². The lowest BCUT2D eigenvalue weighted by Gasteiger charge is -2.02. The largest absolute Gasteiger partial charge is 0.478 e. The van der Waals surface area contributed by atoms with Gasteiger partial charge in [0.15, 0.2) is 0 Å². The van der Waals surface area contributed by atoms with Crippen molar-refractivity contribution in [3.05, 3.63) is 71.3 Å². The minimum Gasteiger partial charge on any atom is -0.478 e. The molecule has 0 spiro atoms. The second-order valence-corrected chi connectivity index (χ2v) is 4.18. The first-order valence-electron chi connectivity index (χ1n) is 5.93. The van der Waals surface area contributed by atoms with Crippen LogP contribution in [0.1, 0.15) is 21.5 Å². The third-order valence-electron chi connectivity index (χ3n) is 2.80. The molecule has 0 amide bonds. The number of hydrogen-bond acceptors (Lipinski definition) is 1. The lowest BCUT2D eigenvalue weighted by molar-refractivity contribution is -0.686. The molecule has 18 heavy (non-hydrogen) atoms. The van der Waals surface area contributed by atoms with Gasteiger partial charge in [0.1, 0.15) is 13.1 Å². The van der Waals surface area contributed by atoms with Crippen LogP contribution in [-0.4, -0.2) is 11.1 Å². The first-order chi connectivity index (χ1) is 8.75. The van der Waals surface area contributed by atoms with Crippen molar-refractivity contribution in [1.29, 1.82) is 0 Å². The fourth-order valence-electron chi connectivity index (χ4n) is 1.80. The van der Waals surface area contributed by atoms with Gasteiger partial charge in [0.05, 0.1) is 5.56 Å². The monoisotopic (exact) mass is 242 g/mol. The van der Waals surface area contributed by atoms with E-state index >= 15 is 0 Å². The third kappa shape index (κ3) is 3.43. The summed E-state index contributed by atoms with van der Waals surface area (Å²) in [6.07, 6.45) is 0. The molecule has 2 rings (SSSR count). The van der Waals surface area contributed by atoms with Gasteiger partial charge in [-0.1, -0.05) is 42.5 Å². The summed E-state index contributed by atoms with van der Waals surface area (Å²) in [5, 5.41) is 11.0. The fraction of sp³-hybridized carbons (Fsp3) is 0.133. The Labute approximate surface area is 106 Å². The Kier molecular flexibility index (Phi) is 4.10. The molecule has 0 fully saturated rings. The van der Waals surface area contributed by atoms with Gasteiger partial charge in [-0.25, -0.2) is 4.79 Å². The van der Waals surface area contributed by atoms with Crippen LogP contribution in [0, 0.1) is 0 Å². The van der Waals surface area contributed by atoms with Crippen molar-refractivity contribution in [2.24, 2.45) is 0 Å². The maximum absolute atomic E-state index is 10.7. The average molecular weight is 242 g/mol. The summed E-state index contributed by atoms with van der Waals surface area (Å²) in [5.41, 5.74) is 2.76.